The molecule has 3 nitrogen and oxygen atoms in total. The lowest BCUT2D eigenvalue weighted by molar-refractivity contribution is 1.01. The highest BCUT2D eigenvalue weighted by Crippen LogP contribution is 2.20. The van der Waals surface area contributed by atoms with Crippen molar-refractivity contribution in [3.63, 3.8) is 0 Å². The van der Waals surface area contributed by atoms with Crippen LogP contribution in [0.2, 0.25) is 0 Å². The number of hydrogen-bond donors (Lipinski definition) is 1. The van der Waals surface area contributed by atoms with Crippen molar-refractivity contribution in [2.45, 2.75) is 27.7 Å². The Morgan fingerprint density at radius 1 is 1.24 bits per heavy atom. The molecule has 0 spiro atoms. The largest absolute Gasteiger partial charge is 0.356 e. The van der Waals surface area contributed by atoms with Crippen molar-refractivity contribution in [1.82, 2.24) is 9.55 Å². The van der Waals surface area contributed by atoms with E-state index in [1.54, 1.807) is 0 Å². The summed E-state index contributed by atoms with van der Waals surface area (Å²) in [6.45, 7) is 9.22. The van der Waals surface area contributed by atoms with Crippen molar-refractivity contribution >= 4 is 5.95 Å². The lowest BCUT2D eigenvalue weighted by Gasteiger charge is -2.11. The molecular formula is C14H19N3. The predicted molar refractivity (Wildman–Crippen MR) is 71.9 cm³/mol. The van der Waals surface area contributed by atoms with E-state index in [2.05, 4.69) is 60.0 Å². The molecule has 1 aromatic heterocycles. The highest BCUT2D eigenvalue weighted by Gasteiger charge is 2.08. The van der Waals surface area contributed by atoms with Gasteiger partial charge in [-0.15, -0.1) is 0 Å². The van der Waals surface area contributed by atoms with Gasteiger partial charge in [-0.05, 0) is 39.3 Å². The molecule has 0 fully saturated rings. The van der Waals surface area contributed by atoms with Crippen LogP contribution in [0.25, 0.3) is 5.69 Å². The monoisotopic (exact) mass is 229 g/mol. The number of aryl methyl sites for hydroxylation is 3. The number of benzene rings is 1. The Balaban J connectivity index is 2.51. The van der Waals surface area contributed by atoms with Gasteiger partial charge in [0.2, 0.25) is 5.95 Å². The van der Waals surface area contributed by atoms with Gasteiger partial charge in [0.05, 0.1) is 11.4 Å². The zero-order valence-electron chi connectivity index (χ0n) is 10.9. The molecule has 0 saturated heterocycles. The van der Waals surface area contributed by atoms with Gasteiger partial charge in [-0.1, -0.05) is 17.7 Å². The third kappa shape index (κ3) is 2.33. The van der Waals surface area contributed by atoms with Crippen molar-refractivity contribution in [1.29, 1.82) is 0 Å². The highest BCUT2D eigenvalue weighted by molar-refractivity contribution is 5.48. The van der Waals surface area contributed by atoms with E-state index >= 15 is 0 Å². The zero-order valence-corrected chi connectivity index (χ0v) is 10.9. The van der Waals surface area contributed by atoms with Crippen molar-refractivity contribution in [2.75, 3.05) is 11.9 Å². The Morgan fingerprint density at radius 2 is 2.00 bits per heavy atom. The Hall–Kier alpha value is -1.77. The summed E-state index contributed by atoms with van der Waals surface area (Å²) in [6.07, 6.45) is 2.07. The fourth-order valence-corrected chi connectivity index (χ4v) is 2.04. The summed E-state index contributed by atoms with van der Waals surface area (Å²) in [7, 11) is 0. The first-order valence-corrected chi connectivity index (χ1v) is 5.99. The second-order valence-corrected chi connectivity index (χ2v) is 4.40. The van der Waals surface area contributed by atoms with Crippen LogP contribution in [-0.4, -0.2) is 16.1 Å². The van der Waals surface area contributed by atoms with E-state index in [-0.39, 0.29) is 0 Å². The molecule has 0 aliphatic carbocycles. The predicted octanol–water partition coefficient (Wildman–Crippen LogP) is 3.23. The lowest BCUT2D eigenvalue weighted by Crippen LogP contribution is -2.06. The maximum Gasteiger partial charge on any atom is 0.207 e. The van der Waals surface area contributed by atoms with E-state index in [0.717, 1.165) is 18.2 Å². The molecule has 1 aromatic carbocycles. The molecule has 1 N–H and O–H groups in total. The first kappa shape index (κ1) is 11.7. The van der Waals surface area contributed by atoms with E-state index in [1.165, 1.54) is 16.8 Å². The van der Waals surface area contributed by atoms with Gasteiger partial charge in [-0.2, -0.15) is 0 Å². The zero-order chi connectivity index (χ0) is 12.4. The third-order valence-corrected chi connectivity index (χ3v) is 2.77. The third-order valence-electron chi connectivity index (χ3n) is 2.77. The molecule has 0 unspecified atom stereocenters. The Kier molecular flexibility index (Phi) is 3.18. The average Bonchev–Trinajstić information content (AvgIpc) is 2.60. The lowest BCUT2D eigenvalue weighted by atomic mass is 10.1. The molecule has 0 bridgehead atoms. The molecule has 2 rings (SSSR count). The van der Waals surface area contributed by atoms with Crippen molar-refractivity contribution in [2.24, 2.45) is 0 Å². The minimum atomic E-state index is 0.876. The SMILES string of the molecule is CCNc1nc(C)cn1-c1ccc(C)cc1C. The molecule has 90 valence electrons. The van der Waals surface area contributed by atoms with Crippen molar-refractivity contribution < 1.29 is 0 Å². The summed E-state index contributed by atoms with van der Waals surface area (Å²) >= 11 is 0. The topological polar surface area (TPSA) is 29.9 Å². The summed E-state index contributed by atoms with van der Waals surface area (Å²) in [4.78, 5) is 4.49. The maximum absolute atomic E-state index is 4.49. The second-order valence-electron chi connectivity index (χ2n) is 4.40. The van der Waals surface area contributed by atoms with Gasteiger partial charge in [-0.3, -0.25) is 4.57 Å². The van der Waals surface area contributed by atoms with Gasteiger partial charge in [0, 0.05) is 12.7 Å². The quantitative estimate of drug-likeness (QED) is 0.875. The summed E-state index contributed by atoms with van der Waals surface area (Å²) in [5, 5.41) is 3.29. The maximum atomic E-state index is 4.49. The van der Waals surface area contributed by atoms with Crippen LogP contribution >= 0.6 is 0 Å². The summed E-state index contributed by atoms with van der Waals surface area (Å²) < 4.78 is 2.12. The molecule has 0 aliphatic rings. The van der Waals surface area contributed by atoms with Crippen LogP contribution in [0, 0.1) is 20.8 Å². The number of nitrogens with one attached hydrogen (secondary N) is 1. The van der Waals surface area contributed by atoms with Gasteiger partial charge < -0.3 is 5.32 Å². The number of rotatable bonds is 3. The fraction of sp³-hybridized carbons (Fsp3) is 0.357. The fourth-order valence-electron chi connectivity index (χ4n) is 2.04. The standard InChI is InChI=1S/C14H19N3/c1-5-15-14-16-12(4)9-17(14)13-7-6-10(2)8-11(13)3/h6-9H,5H2,1-4H3,(H,15,16). The van der Waals surface area contributed by atoms with E-state index in [1.807, 2.05) is 6.92 Å². The summed E-state index contributed by atoms with van der Waals surface area (Å²) in [6, 6.07) is 6.47. The minimum absolute atomic E-state index is 0.876. The molecule has 0 radical (unpaired) electrons. The highest BCUT2D eigenvalue weighted by atomic mass is 15.2. The van der Waals surface area contributed by atoms with E-state index in [4.69, 9.17) is 0 Å². The van der Waals surface area contributed by atoms with Crippen LogP contribution in [-0.2, 0) is 0 Å². The van der Waals surface area contributed by atoms with Gasteiger partial charge >= 0.3 is 0 Å². The van der Waals surface area contributed by atoms with Crippen LogP contribution in [0.1, 0.15) is 23.7 Å². The van der Waals surface area contributed by atoms with E-state index in [0.29, 0.717) is 0 Å². The Morgan fingerprint density at radius 3 is 2.65 bits per heavy atom. The smallest absolute Gasteiger partial charge is 0.207 e. The van der Waals surface area contributed by atoms with E-state index < -0.39 is 0 Å². The molecule has 1 heterocycles. The van der Waals surface area contributed by atoms with Crippen molar-refractivity contribution in [3.8, 4) is 5.69 Å². The molecule has 0 aliphatic heterocycles. The first-order valence-electron chi connectivity index (χ1n) is 5.99. The minimum Gasteiger partial charge on any atom is -0.356 e. The van der Waals surface area contributed by atoms with Gasteiger partial charge in [0.1, 0.15) is 0 Å². The molecule has 0 atom stereocenters. The molecule has 3 heteroatoms. The van der Waals surface area contributed by atoms with Gasteiger partial charge in [0.25, 0.3) is 0 Å². The van der Waals surface area contributed by atoms with Crippen LogP contribution in [0.15, 0.2) is 24.4 Å². The van der Waals surface area contributed by atoms with Crippen molar-refractivity contribution in [3.05, 3.63) is 41.2 Å². The molecule has 17 heavy (non-hydrogen) atoms. The normalized spacial score (nSPS) is 10.6. The van der Waals surface area contributed by atoms with Crippen LogP contribution in [0.3, 0.4) is 0 Å². The Bertz CT molecular complexity index is 526. The number of aromatic nitrogens is 2. The van der Waals surface area contributed by atoms with Crippen LogP contribution in [0.4, 0.5) is 5.95 Å². The van der Waals surface area contributed by atoms with Gasteiger partial charge in [-0.25, -0.2) is 4.98 Å². The Labute approximate surface area is 103 Å². The summed E-state index contributed by atoms with van der Waals surface area (Å²) in [5.41, 5.74) is 4.77. The summed E-state index contributed by atoms with van der Waals surface area (Å²) in [5.74, 6) is 0.914. The average molecular weight is 229 g/mol. The van der Waals surface area contributed by atoms with Crippen LogP contribution < -0.4 is 5.32 Å². The molecule has 0 saturated carbocycles. The number of hydrogen-bond acceptors (Lipinski definition) is 2. The molecular weight excluding hydrogens is 210 g/mol. The van der Waals surface area contributed by atoms with Gasteiger partial charge in [0.15, 0.2) is 0 Å². The van der Waals surface area contributed by atoms with Crippen LogP contribution in [0.5, 0.6) is 0 Å². The number of anilines is 1. The first-order chi connectivity index (χ1) is 8.11. The molecule has 2 aromatic rings. The molecule has 0 amide bonds. The van der Waals surface area contributed by atoms with E-state index in [9.17, 15) is 0 Å². The number of nitrogens with zero attached hydrogens (tertiary/aromatic N) is 2. The number of imidazole rings is 1. The second kappa shape index (κ2) is 4.62.